The summed E-state index contributed by atoms with van der Waals surface area (Å²) in [5.41, 5.74) is 0.00495. The lowest BCUT2D eigenvalue weighted by atomic mass is 10.1. The third-order valence-electron chi connectivity index (χ3n) is 1.83. The summed E-state index contributed by atoms with van der Waals surface area (Å²) < 4.78 is 17.8. The number of benzene rings is 1. The first-order valence-electron chi connectivity index (χ1n) is 4.14. The minimum absolute atomic E-state index is 0.0901. The Morgan fingerprint density at radius 1 is 1.40 bits per heavy atom. The van der Waals surface area contributed by atoms with Crippen molar-refractivity contribution < 1.29 is 23.8 Å². The highest BCUT2D eigenvalue weighted by Gasteiger charge is 2.16. The zero-order valence-electron chi connectivity index (χ0n) is 8.20. The van der Waals surface area contributed by atoms with E-state index in [0.717, 1.165) is 19.1 Å². The Morgan fingerprint density at radius 3 is 2.47 bits per heavy atom. The molecular formula is C10H9FO4. The summed E-state index contributed by atoms with van der Waals surface area (Å²) in [6, 6.07) is 2.08. The molecule has 1 aromatic rings. The fourth-order valence-electron chi connectivity index (χ4n) is 1.16. The Labute approximate surface area is 85.3 Å². The number of halogens is 1. The predicted octanol–water partition coefficient (Wildman–Crippen LogP) is 1.76. The van der Waals surface area contributed by atoms with Crippen LogP contribution in [0.4, 0.5) is 4.39 Å². The maximum absolute atomic E-state index is 13.2. The highest BCUT2D eigenvalue weighted by Crippen LogP contribution is 2.25. The Hall–Kier alpha value is -1.91. The van der Waals surface area contributed by atoms with Crippen molar-refractivity contribution in [2.24, 2.45) is 0 Å². The van der Waals surface area contributed by atoms with Crippen LogP contribution in [-0.4, -0.2) is 17.0 Å². The summed E-state index contributed by atoms with van der Waals surface area (Å²) in [7, 11) is 0. The normalized spacial score (nSPS) is 9.80. The molecule has 0 saturated heterocycles. The van der Waals surface area contributed by atoms with E-state index in [9.17, 15) is 14.0 Å². The quantitative estimate of drug-likeness (QED) is 0.599. The SMILES string of the molecule is CC(=O)Oc1c(F)ccc(C(=O)O)c1C. The molecule has 0 unspecified atom stereocenters. The van der Waals surface area contributed by atoms with Gasteiger partial charge in [0.25, 0.3) is 0 Å². The van der Waals surface area contributed by atoms with Gasteiger partial charge in [0, 0.05) is 12.5 Å². The standard InChI is InChI=1S/C10H9FO4/c1-5-7(10(13)14)3-4-8(11)9(5)15-6(2)12/h3-4H,1-2H3,(H,13,14). The highest BCUT2D eigenvalue weighted by molar-refractivity contribution is 5.90. The van der Waals surface area contributed by atoms with Crippen LogP contribution in [-0.2, 0) is 4.79 Å². The van der Waals surface area contributed by atoms with Crippen molar-refractivity contribution in [3.8, 4) is 5.75 Å². The average Bonchev–Trinajstić information content (AvgIpc) is 2.11. The molecule has 0 aliphatic rings. The van der Waals surface area contributed by atoms with Gasteiger partial charge in [-0.05, 0) is 19.1 Å². The summed E-state index contributed by atoms with van der Waals surface area (Å²) in [6.45, 7) is 2.50. The smallest absolute Gasteiger partial charge is 0.336 e. The van der Waals surface area contributed by atoms with Crippen LogP contribution in [0.15, 0.2) is 12.1 Å². The molecule has 15 heavy (non-hydrogen) atoms. The molecule has 1 rings (SSSR count). The van der Waals surface area contributed by atoms with Crippen LogP contribution >= 0.6 is 0 Å². The number of hydrogen-bond donors (Lipinski definition) is 1. The molecule has 80 valence electrons. The molecule has 0 bridgehead atoms. The second-order valence-electron chi connectivity index (χ2n) is 2.95. The van der Waals surface area contributed by atoms with E-state index in [1.165, 1.54) is 6.92 Å². The summed E-state index contributed by atoms with van der Waals surface area (Å²) in [4.78, 5) is 21.4. The molecule has 1 N–H and O–H groups in total. The molecule has 0 fully saturated rings. The van der Waals surface area contributed by atoms with E-state index >= 15 is 0 Å². The van der Waals surface area contributed by atoms with Crippen molar-refractivity contribution in [2.45, 2.75) is 13.8 Å². The zero-order valence-corrected chi connectivity index (χ0v) is 8.20. The van der Waals surface area contributed by atoms with Crippen molar-refractivity contribution >= 4 is 11.9 Å². The average molecular weight is 212 g/mol. The zero-order chi connectivity index (χ0) is 11.6. The van der Waals surface area contributed by atoms with Gasteiger partial charge in [-0.2, -0.15) is 0 Å². The minimum Gasteiger partial charge on any atom is -0.478 e. The molecule has 1 aromatic carbocycles. The molecule has 0 amide bonds. The van der Waals surface area contributed by atoms with Gasteiger partial charge in [0.1, 0.15) is 0 Å². The number of hydrogen-bond acceptors (Lipinski definition) is 3. The van der Waals surface area contributed by atoms with Crippen molar-refractivity contribution in [3.63, 3.8) is 0 Å². The Morgan fingerprint density at radius 2 is 2.00 bits per heavy atom. The lowest BCUT2D eigenvalue weighted by molar-refractivity contribution is -0.132. The van der Waals surface area contributed by atoms with Crippen LogP contribution in [0, 0.1) is 12.7 Å². The second-order valence-corrected chi connectivity index (χ2v) is 2.95. The number of carbonyl (C=O) groups excluding carboxylic acids is 1. The Bertz CT molecular complexity index is 426. The monoisotopic (exact) mass is 212 g/mol. The van der Waals surface area contributed by atoms with E-state index in [-0.39, 0.29) is 16.9 Å². The molecule has 4 nitrogen and oxygen atoms in total. The van der Waals surface area contributed by atoms with Crippen molar-refractivity contribution in [1.82, 2.24) is 0 Å². The first-order chi connectivity index (χ1) is 6.93. The number of esters is 1. The fraction of sp³-hybridized carbons (Fsp3) is 0.200. The molecular weight excluding hydrogens is 203 g/mol. The number of carbonyl (C=O) groups is 2. The van der Waals surface area contributed by atoms with Gasteiger partial charge >= 0.3 is 11.9 Å². The molecule has 5 heteroatoms. The molecule has 0 aromatic heterocycles. The molecule has 0 saturated carbocycles. The van der Waals surface area contributed by atoms with Crippen LogP contribution in [0.25, 0.3) is 0 Å². The Balaban J connectivity index is 3.29. The lowest BCUT2D eigenvalue weighted by Gasteiger charge is -2.08. The van der Waals surface area contributed by atoms with Crippen LogP contribution in [0.2, 0.25) is 0 Å². The van der Waals surface area contributed by atoms with E-state index in [2.05, 4.69) is 4.74 Å². The van der Waals surface area contributed by atoms with E-state index in [1.54, 1.807) is 0 Å². The van der Waals surface area contributed by atoms with E-state index in [1.807, 2.05) is 0 Å². The van der Waals surface area contributed by atoms with Crippen LogP contribution in [0.5, 0.6) is 5.75 Å². The van der Waals surface area contributed by atoms with Gasteiger partial charge in [0.05, 0.1) is 5.56 Å². The third-order valence-corrected chi connectivity index (χ3v) is 1.83. The summed E-state index contributed by atoms with van der Waals surface area (Å²) in [6.07, 6.45) is 0. The molecule has 0 heterocycles. The van der Waals surface area contributed by atoms with Gasteiger partial charge in [0.15, 0.2) is 11.6 Å². The fourth-order valence-corrected chi connectivity index (χ4v) is 1.16. The van der Waals surface area contributed by atoms with Gasteiger partial charge in [-0.15, -0.1) is 0 Å². The topological polar surface area (TPSA) is 63.6 Å². The highest BCUT2D eigenvalue weighted by atomic mass is 19.1. The van der Waals surface area contributed by atoms with E-state index in [4.69, 9.17) is 5.11 Å². The van der Waals surface area contributed by atoms with Crippen molar-refractivity contribution in [3.05, 3.63) is 29.1 Å². The third kappa shape index (κ3) is 2.31. The molecule has 0 atom stereocenters. The molecule has 0 aliphatic heterocycles. The predicted molar refractivity (Wildman–Crippen MR) is 49.4 cm³/mol. The van der Waals surface area contributed by atoms with E-state index < -0.39 is 17.8 Å². The second kappa shape index (κ2) is 4.08. The van der Waals surface area contributed by atoms with Gasteiger partial charge in [0.2, 0.25) is 0 Å². The maximum atomic E-state index is 13.2. The molecule has 0 spiro atoms. The van der Waals surface area contributed by atoms with Crippen molar-refractivity contribution in [1.29, 1.82) is 0 Å². The van der Waals surface area contributed by atoms with Gasteiger partial charge in [-0.25, -0.2) is 9.18 Å². The van der Waals surface area contributed by atoms with Gasteiger partial charge < -0.3 is 9.84 Å². The van der Waals surface area contributed by atoms with Crippen LogP contribution < -0.4 is 4.74 Å². The number of carboxylic acid groups (broad SMARTS) is 1. The molecule has 0 radical (unpaired) electrons. The van der Waals surface area contributed by atoms with Crippen LogP contribution in [0.1, 0.15) is 22.8 Å². The van der Waals surface area contributed by atoms with Gasteiger partial charge in [-0.3, -0.25) is 4.79 Å². The van der Waals surface area contributed by atoms with Crippen LogP contribution in [0.3, 0.4) is 0 Å². The van der Waals surface area contributed by atoms with Crippen molar-refractivity contribution in [2.75, 3.05) is 0 Å². The summed E-state index contributed by atoms with van der Waals surface area (Å²) >= 11 is 0. The number of rotatable bonds is 2. The van der Waals surface area contributed by atoms with Gasteiger partial charge in [-0.1, -0.05) is 0 Å². The minimum atomic E-state index is -1.19. The molecule has 0 aliphatic carbocycles. The lowest BCUT2D eigenvalue weighted by Crippen LogP contribution is -2.08. The number of carboxylic acids is 1. The summed E-state index contributed by atoms with van der Waals surface area (Å²) in [5, 5.41) is 8.75. The number of aromatic carboxylic acids is 1. The maximum Gasteiger partial charge on any atom is 0.336 e. The first-order valence-corrected chi connectivity index (χ1v) is 4.14. The van der Waals surface area contributed by atoms with E-state index in [0.29, 0.717) is 0 Å². The summed E-state index contributed by atoms with van der Waals surface area (Å²) in [5.74, 6) is -2.98. The Kier molecular flexibility index (Phi) is 3.04. The number of ether oxygens (including phenoxy) is 1. The first kappa shape index (κ1) is 11.2. The largest absolute Gasteiger partial charge is 0.478 e.